The van der Waals surface area contributed by atoms with Crippen LogP contribution in [0.25, 0.3) is 0 Å². The van der Waals surface area contributed by atoms with Crippen LogP contribution in [0.15, 0.2) is 0 Å². The van der Waals surface area contributed by atoms with Crippen LogP contribution in [-0.4, -0.2) is 15.7 Å². The molecular weight excluding hydrogens is 305 g/mol. The molecule has 2 aliphatic carbocycles. The molecule has 2 bridgehead atoms. The molecule has 2 rings (SSSR count). The van der Waals surface area contributed by atoms with Crippen molar-refractivity contribution in [1.82, 2.24) is 0 Å². The number of thioether (sulfide) groups is 1. The fourth-order valence-electron chi connectivity index (χ4n) is 3.61. The number of alkyl halides is 2. The van der Waals surface area contributed by atoms with Crippen molar-refractivity contribution in [2.45, 2.75) is 49.8 Å². The first-order chi connectivity index (χ1) is 8.65. The third-order valence-electron chi connectivity index (χ3n) is 5.37. The van der Waals surface area contributed by atoms with E-state index in [1.54, 1.807) is 5.40 Å². The topological polar surface area (TPSA) is 50.1 Å². The Morgan fingerprint density at radius 2 is 2.11 bits per heavy atom. The van der Waals surface area contributed by atoms with Crippen molar-refractivity contribution in [2.24, 2.45) is 16.7 Å². The molecule has 3 atom stereocenters. The third kappa shape index (κ3) is 2.24. The number of thiocyanates is 1. The summed E-state index contributed by atoms with van der Waals surface area (Å²) in [6.45, 7) is 6.63. The summed E-state index contributed by atoms with van der Waals surface area (Å²) in [6, 6.07) is 0. The van der Waals surface area contributed by atoms with Crippen LogP contribution >= 0.6 is 35.0 Å². The van der Waals surface area contributed by atoms with E-state index < -0.39 is 9.63 Å². The van der Waals surface area contributed by atoms with Gasteiger partial charge < -0.3 is 4.74 Å². The molecule has 0 N–H and O–H groups in total. The van der Waals surface area contributed by atoms with Gasteiger partial charge in [-0.2, -0.15) is 5.26 Å². The number of fused-ring (bicyclic) bond motifs is 2. The predicted octanol–water partition coefficient (Wildman–Crippen LogP) is 4.09. The maximum atomic E-state index is 12.0. The smallest absolute Gasteiger partial charge is 0.354 e. The van der Waals surface area contributed by atoms with E-state index in [1.807, 2.05) is 0 Å². The van der Waals surface area contributed by atoms with Crippen molar-refractivity contribution in [3.05, 3.63) is 0 Å². The Bertz CT molecular complexity index is 446. The zero-order valence-electron chi connectivity index (χ0n) is 11.2. The maximum absolute atomic E-state index is 12.0. The number of rotatable bonds is 3. The summed E-state index contributed by atoms with van der Waals surface area (Å²) in [5.74, 6) is -0.157. The second-order valence-corrected chi connectivity index (χ2v) is 8.99. The minimum Gasteiger partial charge on any atom is -0.459 e. The van der Waals surface area contributed by atoms with Gasteiger partial charge in [-0.1, -0.05) is 44.0 Å². The van der Waals surface area contributed by atoms with Crippen LogP contribution < -0.4 is 0 Å². The van der Waals surface area contributed by atoms with Gasteiger partial charge >= 0.3 is 5.97 Å². The molecule has 0 aromatic carbocycles. The number of halogens is 2. The first-order valence-corrected chi connectivity index (χ1v) is 7.88. The summed E-state index contributed by atoms with van der Waals surface area (Å²) >= 11 is 12.1. The van der Waals surface area contributed by atoms with Crippen LogP contribution in [0.2, 0.25) is 0 Å². The van der Waals surface area contributed by atoms with Crippen molar-refractivity contribution in [2.75, 3.05) is 0 Å². The van der Waals surface area contributed by atoms with Crippen molar-refractivity contribution in [3.63, 3.8) is 0 Å². The molecule has 0 aromatic rings. The van der Waals surface area contributed by atoms with Gasteiger partial charge in [0.1, 0.15) is 11.5 Å². The van der Waals surface area contributed by atoms with Crippen molar-refractivity contribution >= 4 is 40.9 Å². The maximum Gasteiger partial charge on any atom is 0.354 e. The van der Waals surface area contributed by atoms with E-state index in [1.165, 1.54) is 6.42 Å². The number of hydrogen-bond donors (Lipinski definition) is 0. The second-order valence-electron chi connectivity index (χ2n) is 6.21. The molecule has 0 saturated heterocycles. The van der Waals surface area contributed by atoms with E-state index >= 15 is 0 Å². The van der Waals surface area contributed by atoms with Crippen LogP contribution in [0.5, 0.6) is 0 Å². The minimum atomic E-state index is -1.84. The largest absolute Gasteiger partial charge is 0.459 e. The normalized spacial score (nSPS) is 36.0. The zero-order chi connectivity index (χ0) is 14.5. The highest BCUT2D eigenvalue weighted by molar-refractivity contribution is 8.08. The lowest BCUT2D eigenvalue weighted by atomic mass is 9.70. The fourth-order valence-corrected chi connectivity index (χ4v) is 4.15. The van der Waals surface area contributed by atoms with Crippen LogP contribution in [0.3, 0.4) is 0 Å². The molecule has 0 spiro atoms. The first kappa shape index (κ1) is 15.3. The van der Waals surface area contributed by atoms with E-state index in [9.17, 15) is 4.79 Å². The van der Waals surface area contributed by atoms with E-state index in [-0.39, 0.29) is 16.9 Å². The van der Waals surface area contributed by atoms with Crippen molar-refractivity contribution in [1.29, 1.82) is 5.26 Å². The minimum absolute atomic E-state index is 0.0332. The summed E-state index contributed by atoms with van der Waals surface area (Å²) in [4.78, 5) is 12.0. The van der Waals surface area contributed by atoms with Crippen molar-refractivity contribution in [3.8, 4) is 5.40 Å². The van der Waals surface area contributed by atoms with Gasteiger partial charge in [-0.15, -0.1) is 0 Å². The van der Waals surface area contributed by atoms with E-state index in [0.29, 0.717) is 17.7 Å². The summed E-state index contributed by atoms with van der Waals surface area (Å²) in [5, 5.41) is 10.3. The van der Waals surface area contributed by atoms with E-state index in [2.05, 4.69) is 20.8 Å². The molecular formula is C13H17Cl2NO2S. The number of esters is 1. The Labute approximate surface area is 128 Å². The molecule has 0 aliphatic heterocycles. The van der Waals surface area contributed by atoms with Gasteiger partial charge in [0.25, 0.3) is 3.67 Å². The molecule has 2 aliphatic rings. The van der Waals surface area contributed by atoms with Crippen molar-refractivity contribution < 1.29 is 9.53 Å². The average molecular weight is 322 g/mol. The van der Waals surface area contributed by atoms with Gasteiger partial charge in [-0.25, -0.2) is 4.79 Å². The lowest BCUT2D eigenvalue weighted by Gasteiger charge is -2.38. The lowest BCUT2D eigenvalue weighted by Crippen LogP contribution is -2.40. The van der Waals surface area contributed by atoms with Crippen LogP contribution in [0, 0.1) is 27.4 Å². The highest BCUT2D eigenvalue weighted by Gasteiger charge is 2.63. The number of ether oxygens (including phenoxy) is 1. The number of hydrogen-bond acceptors (Lipinski definition) is 4. The predicted molar refractivity (Wildman–Crippen MR) is 76.8 cm³/mol. The molecule has 0 amide bonds. The van der Waals surface area contributed by atoms with Crippen LogP contribution in [-0.2, 0) is 9.53 Å². The van der Waals surface area contributed by atoms with E-state index in [0.717, 1.165) is 12.8 Å². The van der Waals surface area contributed by atoms with Crippen LogP contribution in [0.4, 0.5) is 0 Å². The molecule has 0 aromatic heterocycles. The first-order valence-electron chi connectivity index (χ1n) is 6.31. The molecule has 19 heavy (non-hydrogen) atoms. The standard InChI is InChI=1S/C13H17Cl2NO2S/c1-11(2)8-4-5-12(11,3)9(6-8)18-10(17)13(14,15)19-7-16/h8-9H,4-6H2,1-3H3. The monoisotopic (exact) mass is 321 g/mol. The molecule has 3 unspecified atom stereocenters. The lowest BCUT2D eigenvalue weighted by molar-refractivity contribution is -0.155. The van der Waals surface area contributed by atoms with Gasteiger partial charge in [0.15, 0.2) is 0 Å². The molecule has 0 heterocycles. The van der Waals surface area contributed by atoms with Crippen LogP contribution in [0.1, 0.15) is 40.0 Å². The van der Waals surface area contributed by atoms with Gasteiger partial charge in [0, 0.05) is 17.2 Å². The van der Waals surface area contributed by atoms with Gasteiger partial charge in [-0.3, -0.25) is 0 Å². The molecule has 6 heteroatoms. The molecule has 0 radical (unpaired) electrons. The molecule has 2 saturated carbocycles. The Hall–Kier alpha value is -0.110. The number of carbonyl (C=O) groups is 1. The molecule has 106 valence electrons. The van der Waals surface area contributed by atoms with E-state index in [4.69, 9.17) is 33.2 Å². The fraction of sp³-hybridized carbons (Fsp3) is 0.846. The Kier molecular flexibility index (Phi) is 3.79. The summed E-state index contributed by atoms with van der Waals surface area (Å²) in [7, 11) is 0. The number of nitrogens with zero attached hydrogens (tertiary/aromatic N) is 1. The Morgan fingerprint density at radius 3 is 2.53 bits per heavy atom. The highest BCUT2D eigenvalue weighted by atomic mass is 35.5. The zero-order valence-corrected chi connectivity index (χ0v) is 13.5. The quantitative estimate of drug-likeness (QED) is 0.446. The third-order valence-corrected chi connectivity index (χ3v) is 6.66. The highest BCUT2D eigenvalue weighted by Crippen LogP contribution is 2.66. The summed E-state index contributed by atoms with van der Waals surface area (Å²) in [5.41, 5.74) is 0.121. The second kappa shape index (κ2) is 4.72. The van der Waals surface area contributed by atoms with Gasteiger partial charge in [0.2, 0.25) is 0 Å². The number of nitriles is 1. The summed E-state index contributed by atoms with van der Waals surface area (Å²) in [6.07, 6.45) is 2.92. The molecule has 3 nitrogen and oxygen atoms in total. The summed E-state index contributed by atoms with van der Waals surface area (Å²) < 4.78 is 3.69. The Balaban J connectivity index is 2.11. The number of carbonyl (C=O) groups excluding carboxylic acids is 1. The molecule has 2 fully saturated rings. The van der Waals surface area contributed by atoms with Gasteiger partial charge in [-0.05, 0) is 30.6 Å². The average Bonchev–Trinajstić information content (AvgIpc) is 2.61. The van der Waals surface area contributed by atoms with Gasteiger partial charge in [0.05, 0.1) is 0 Å². The Morgan fingerprint density at radius 1 is 1.47 bits per heavy atom. The SMILES string of the molecule is CC1(C)C2CCC1(C)C(OC(=O)C(Cl)(Cl)SC#N)C2.